The minimum atomic E-state index is -1.52. The molecule has 7 nitrogen and oxygen atoms in total. The van der Waals surface area contributed by atoms with Crippen molar-refractivity contribution in [1.82, 2.24) is 4.90 Å². The van der Waals surface area contributed by atoms with E-state index in [-0.39, 0.29) is 44.4 Å². The Morgan fingerprint density at radius 1 is 0.943 bits per heavy atom. The van der Waals surface area contributed by atoms with Crippen molar-refractivity contribution in [2.24, 2.45) is 0 Å². The van der Waals surface area contributed by atoms with Gasteiger partial charge in [0.1, 0.15) is 29.8 Å². The highest BCUT2D eigenvalue weighted by Gasteiger charge is 2.54. The molecule has 2 aromatic rings. The first-order chi connectivity index (χ1) is 16.7. The van der Waals surface area contributed by atoms with Crippen molar-refractivity contribution in [3.05, 3.63) is 67.1 Å². The number of rotatable bonds is 7. The molecule has 5 atom stereocenters. The van der Waals surface area contributed by atoms with E-state index >= 15 is 0 Å². The zero-order valence-corrected chi connectivity index (χ0v) is 22.1. The minimum Gasteiger partial charge on any atom is -0.388 e. The van der Waals surface area contributed by atoms with Gasteiger partial charge in [-0.3, -0.25) is 14.5 Å². The second kappa shape index (κ2) is 11.1. The van der Waals surface area contributed by atoms with E-state index in [0.717, 1.165) is 10.5 Å². The van der Waals surface area contributed by atoms with Crippen molar-refractivity contribution in [3.63, 3.8) is 0 Å². The first-order valence-corrected chi connectivity index (χ1v) is 13.2. The molecule has 12 heteroatoms. The Bertz CT molecular complexity index is 1090. The lowest BCUT2D eigenvalue weighted by Crippen LogP contribution is -2.64. The maximum atomic E-state index is 13.3. The van der Waals surface area contributed by atoms with Gasteiger partial charge < -0.3 is 19.7 Å². The molecule has 2 aliphatic rings. The molecule has 0 bridgehead atoms. The first-order valence-electron chi connectivity index (χ1n) is 10.7. The number of nitrogens with zero attached hydrogens (tertiary/aromatic N) is 1. The number of carbonyl (C=O) groups is 2. The van der Waals surface area contributed by atoms with Crippen LogP contribution in [0.5, 0.6) is 0 Å². The summed E-state index contributed by atoms with van der Waals surface area (Å²) in [6, 6.07) is 8.23. The molecule has 1 saturated heterocycles. The highest BCUT2D eigenvalue weighted by molar-refractivity contribution is 7.99. The Labute approximate surface area is 226 Å². The summed E-state index contributed by atoms with van der Waals surface area (Å²) in [5.74, 6) is -1.07. The Hall–Kier alpha value is -1.07. The van der Waals surface area contributed by atoms with E-state index in [1.54, 1.807) is 0 Å². The van der Waals surface area contributed by atoms with Crippen LogP contribution in [0.4, 0.5) is 0 Å². The van der Waals surface area contributed by atoms with Crippen LogP contribution in [0.25, 0.3) is 0 Å². The first kappa shape index (κ1) is 27.0. The normalized spacial score (nSPS) is 26.4. The van der Waals surface area contributed by atoms with Crippen molar-refractivity contribution in [3.8, 4) is 0 Å². The van der Waals surface area contributed by atoms with Gasteiger partial charge in [-0.1, -0.05) is 83.7 Å². The van der Waals surface area contributed by atoms with Crippen LogP contribution in [-0.2, 0) is 16.1 Å². The molecule has 2 aromatic carbocycles. The summed E-state index contributed by atoms with van der Waals surface area (Å²) in [4.78, 5) is 27.5. The van der Waals surface area contributed by atoms with Crippen molar-refractivity contribution >= 4 is 70.0 Å². The lowest BCUT2D eigenvalue weighted by Gasteiger charge is -2.45. The molecule has 0 saturated carbocycles. The van der Waals surface area contributed by atoms with Crippen LogP contribution in [0.1, 0.15) is 33.2 Å². The molecule has 2 amide bonds. The number of amides is 2. The molecule has 0 spiro atoms. The summed E-state index contributed by atoms with van der Waals surface area (Å²) in [5, 5.41) is 21.2. The molecule has 1 fully saturated rings. The molecule has 0 aromatic heterocycles. The fourth-order valence-corrected chi connectivity index (χ4v) is 6.18. The zero-order chi connectivity index (χ0) is 25.4. The fraction of sp³-hybridized carbons (Fsp3) is 0.391. The lowest BCUT2D eigenvalue weighted by molar-refractivity contribution is -0.187. The Morgan fingerprint density at radius 2 is 1.51 bits per heavy atom. The number of ether oxygens (including phenoxy) is 2. The van der Waals surface area contributed by atoms with Gasteiger partial charge in [0.05, 0.1) is 44.4 Å². The highest BCUT2D eigenvalue weighted by atomic mass is 35.5. The molecule has 0 radical (unpaired) electrons. The van der Waals surface area contributed by atoms with Gasteiger partial charge in [-0.15, -0.1) is 11.8 Å². The van der Waals surface area contributed by atoms with Crippen LogP contribution in [0.2, 0.25) is 20.1 Å². The van der Waals surface area contributed by atoms with Crippen LogP contribution in [-0.4, -0.2) is 69.1 Å². The zero-order valence-electron chi connectivity index (χ0n) is 18.3. The van der Waals surface area contributed by atoms with Crippen LogP contribution < -0.4 is 0 Å². The predicted octanol–water partition coefficient (Wildman–Crippen LogP) is 4.68. The third kappa shape index (κ3) is 4.93. The maximum absolute atomic E-state index is 13.3. The number of aliphatic hydroxyl groups excluding tert-OH is 2. The molecule has 35 heavy (non-hydrogen) atoms. The van der Waals surface area contributed by atoms with Gasteiger partial charge in [0, 0.05) is 0 Å². The van der Waals surface area contributed by atoms with Crippen molar-refractivity contribution < 1.29 is 29.3 Å². The Kier molecular flexibility index (Phi) is 8.58. The van der Waals surface area contributed by atoms with E-state index in [1.807, 2.05) is 37.3 Å². The van der Waals surface area contributed by atoms with Crippen LogP contribution in [0.15, 0.2) is 30.3 Å². The molecule has 2 N–H and O–H groups in total. The summed E-state index contributed by atoms with van der Waals surface area (Å²) < 4.78 is 11.7. The molecule has 0 aliphatic carbocycles. The average molecular weight is 581 g/mol. The van der Waals surface area contributed by atoms with Crippen LogP contribution in [0, 0.1) is 0 Å². The van der Waals surface area contributed by atoms with E-state index in [0.29, 0.717) is 5.75 Å². The number of hydrogen-bond acceptors (Lipinski definition) is 7. The van der Waals surface area contributed by atoms with E-state index in [4.69, 9.17) is 55.9 Å². The van der Waals surface area contributed by atoms with Gasteiger partial charge in [0.25, 0.3) is 11.8 Å². The quantitative estimate of drug-likeness (QED) is 0.279. The summed E-state index contributed by atoms with van der Waals surface area (Å²) >= 11 is 25.9. The lowest BCUT2D eigenvalue weighted by atomic mass is 9.97. The standard InChI is InChI=1S/C23H21Cl4NO6S/c1-2-35-23-18(20(30)19(29)11(34-23)9-33-8-10-6-4-3-5-7-10)28-21(31)12-13(22(28)32)15(25)17(27)16(26)14(12)24/h3-7,11,18-20,23,29-30H,2,8-9H2,1H3/t11-,18-,19-,20-,23+/m1/s1. The highest BCUT2D eigenvalue weighted by Crippen LogP contribution is 2.46. The number of halogens is 4. The van der Waals surface area contributed by atoms with Crippen molar-refractivity contribution in [2.75, 3.05) is 12.4 Å². The van der Waals surface area contributed by atoms with Crippen molar-refractivity contribution in [2.45, 2.75) is 43.3 Å². The predicted molar refractivity (Wildman–Crippen MR) is 136 cm³/mol. The smallest absolute Gasteiger partial charge is 0.263 e. The fourth-order valence-electron chi connectivity index (χ4n) is 4.14. The monoisotopic (exact) mass is 579 g/mol. The summed E-state index contributed by atoms with van der Waals surface area (Å²) in [6.07, 6.45) is -3.85. The molecule has 4 rings (SSSR count). The number of benzene rings is 2. The number of thioether (sulfide) groups is 1. The van der Waals surface area contributed by atoms with Crippen molar-refractivity contribution in [1.29, 1.82) is 0 Å². The molecular formula is C23H21Cl4NO6S. The van der Waals surface area contributed by atoms with Gasteiger partial charge >= 0.3 is 0 Å². The number of aliphatic hydroxyl groups is 2. The molecule has 2 heterocycles. The average Bonchev–Trinajstić information content (AvgIpc) is 3.10. The van der Waals surface area contributed by atoms with E-state index < -0.39 is 41.6 Å². The number of carbonyl (C=O) groups excluding carboxylic acids is 2. The Morgan fingerprint density at radius 3 is 2.06 bits per heavy atom. The minimum absolute atomic E-state index is 0.00833. The SMILES string of the molecule is CCS[C@@H]1O[C@H](COCc2ccccc2)[C@@H](O)[C@H](O)[C@H]1N1C(=O)c2c(Cl)c(Cl)c(Cl)c(Cl)c2C1=O. The molecule has 188 valence electrons. The van der Waals surface area contributed by atoms with Gasteiger partial charge in [-0.2, -0.15) is 0 Å². The largest absolute Gasteiger partial charge is 0.388 e. The van der Waals surface area contributed by atoms with Crippen LogP contribution >= 0.6 is 58.2 Å². The Balaban J connectivity index is 1.59. The summed E-state index contributed by atoms with van der Waals surface area (Å²) in [6.45, 7) is 2.14. The topological polar surface area (TPSA) is 96.3 Å². The van der Waals surface area contributed by atoms with Gasteiger partial charge in [-0.25, -0.2) is 0 Å². The number of hydrogen-bond donors (Lipinski definition) is 2. The van der Waals surface area contributed by atoms with Crippen LogP contribution in [0.3, 0.4) is 0 Å². The van der Waals surface area contributed by atoms with Gasteiger partial charge in [-0.05, 0) is 11.3 Å². The third-order valence-corrected chi connectivity index (χ3v) is 8.68. The van der Waals surface area contributed by atoms with E-state index in [9.17, 15) is 19.8 Å². The van der Waals surface area contributed by atoms with Gasteiger partial charge in [0.2, 0.25) is 0 Å². The number of imide groups is 1. The molecule has 0 unspecified atom stereocenters. The van der Waals surface area contributed by atoms with E-state index in [1.165, 1.54) is 11.8 Å². The number of fused-ring (bicyclic) bond motifs is 1. The second-order valence-corrected chi connectivity index (χ2v) is 10.8. The molecular weight excluding hydrogens is 560 g/mol. The van der Waals surface area contributed by atoms with Gasteiger partial charge in [0.15, 0.2) is 0 Å². The second-order valence-electron chi connectivity index (χ2n) is 7.96. The summed E-state index contributed by atoms with van der Waals surface area (Å²) in [7, 11) is 0. The molecule has 2 aliphatic heterocycles. The summed E-state index contributed by atoms with van der Waals surface area (Å²) in [5.41, 5.74) is -0.320. The third-order valence-electron chi connectivity index (χ3n) is 5.82. The van der Waals surface area contributed by atoms with E-state index in [2.05, 4.69) is 0 Å². The maximum Gasteiger partial charge on any atom is 0.263 e.